The van der Waals surface area contributed by atoms with Crippen molar-refractivity contribution in [3.05, 3.63) is 48.9 Å². The summed E-state index contributed by atoms with van der Waals surface area (Å²) < 4.78 is 22.5. The molecule has 0 aromatic heterocycles. The van der Waals surface area contributed by atoms with Crippen LogP contribution in [-0.2, 0) is 11.3 Å². The predicted molar refractivity (Wildman–Crippen MR) is 126 cm³/mol. The Morgan fingerprint density at radius 2 is 1.97 bits per heavy atom. The van der Waals surface area contributed by atoms with Crippen LogP contribution in [-0.4, -0.2) is 36.6 Å². The Kier molecular flexibility index (Phi) is 6.54. The normalized spacial score (nSPS) is 16.4. The molecule has 0 radical (unpaired) electrons. The van der Waals surface area contributed by atoms with Crippen molar-refractivity contribution in [1.29, 1.82) is 0 Å². The number of hydrogen-bond acceptors (Lipinski definition) is 7. The van der Waals surface area contributed by atoms with Gasteiger partial charge in [0.25, 0.3) is 11.1 Å². The molecule has 0 N–H and O–H groups in total. The molecule has 31 heavy (non-hydrogen) atoms. The lowest BCUT2D eigenvalue weighted by Gasteiger charge is -2.14. The summed E-state index contributed by atoms with van der Waals surface area (Å²) in [6.07, 6.45) is 1.68. The number of ether oxygens (including phenoxy) is 4. The van der Waals surface area contributed by atoms with Crippen LogP contribution in [0, 0.1) is 3.57 Å². The molecule has 2 heterocycles. The zero-order valence-corrected chi connectivity index (χ0v) is 20.3. The number of benzene rings is 2. The molecule has 2 aromatic rings. The van der Waals surface area contributed by atoms with Crippen LogP contribution < -0.4 is 18.9 Å². The fraction of sp³-hybridized carbons (Fsp3) is 0.238. The number of halogens is 2. The van der Waals surface area contributed by atoms with Crippen LogP contribution >= 0.6 is 46.0 Å². The second-order valence-corrected chi connectivity index (χ2v) is 9.09. The van der Waals surface area contributed by atoms with E-state index in [2.05, 4.69) is 22.6 Å². The van der Waals surface area contributed by atoms with Crippen LogP contribution in [0.3, 0.4) is 0 Å². The molecule has 0 bridgehead atoms. The van der Waals surface area contributed by atoms with Gasteiger partial charge in [-0.1, -0.05) is 11.6 Å². The molecule has 10 heteroatoms. The Morgan fingerprint density at radius 1 is 1.23 bits per heavy atom. The molecule has 4 rings (SSSR count). The minimum absolute atomic E-state index is 0.0435. The summed E-state index contributed by atoms with van der Waals surface area (Å²) in [6.45, 7) is 2.51. The van der Waals surface area contributed by atoms with Crippen LogP contribution in [0.2, 0.25) is 5.02 Å². The topological polar surface area (TPSA) is 74.3 Å². The number of rotatable bonds is 6. The molecule has 2 aliphatic rings. The van der Waals surface area contributed by atoms with E-state index in [4.69, 9.17) is 30.5 Å². The quantitative estimate of drug-likeness (QED) is 0.342. The summed E-state index contributed by atoms with van der Waals surface area (Å²) in [5.41, 5.74) is 1.34. The van der Waals surface area contributed by atoms with Gasteiger partial charge in [-0.25, -0.2) is 0 Å². The average molecular weight is 574 g/mol. The number of carbonyl (C=O) groups is 2. The molecule has 0 spiro atoms. The summed E-state index contributed by atoms with van der Waals surface area (Å²) in [4.78, 5) is 27.0. The number of nitrogens with zero attached hydrogens (tertiary/aromatic N) is 1. The minimum atomic E-state index is -0.382. The van der Waals surface area contributed by atoms with Crippen LogP contribution in [0.4, 0.5) is 4.79 Å². The lowest BCUT2D eigenvalue weighted by molar-refractivity contribution is -0.123. The molecule has 0 aliphatic carbocycles. The largest absolute Gasteiger partial charge is 0.492 e. The van der Waals surface area contributed by atoms with E-state index < -0.39 is 0 Å². The number of fused-ring (bicyclic) bond motifs is 1. The van der Waals surface area contributed by atoms with Crippen molar-refractivity contribution in [2.24, 2.45) is 0 Å². The second-order valence-electron chi connectivity index (χ2n) is 6.53. The third-order valence-electron chi connectivity index (χ3n) is 4.58. The third kappa shape index (κ3) is 4.44. The van der Waals surface area contributed by atoms with Gasteiger partial charge in [0.05, 0.1) is 28.7 Å². The smallest absolute Gasteiger partial charge is 0.293 e. The van der Waals surface area contributed by atoms with Gasteiger partial charge in [-0.3, -0.25) is 14.5 Å². The lowest BCUT2D eigenvalue weighted by Crippen LogP contribution is -2.27. The van der Waals surface area contributed by atoms with E-state index in [9.17, 15) is 9.59 Å². The van der Waals surface area contributed by atoms with E-state index >= 15 is 0 Å². The first-order chi connectivity index (χ1) is 14.9. The Labute approximate surface area is 201 Å². The number of imide groups is 1. The Hall–Kier alpha value is -2.11. The van der Waals surface area contributed by atoms with Gasteiger partial charge < -0.3 is 18.9 Å². The first-order valence-corrected chi connectivity index (χ1v) is 11.5. The standard InChI is InChI=1S/C21H17ClINO6S/c1-3-28-17-5-11(4-14(23)19(17)27-2)6-18-20(25)24(21(26)31-18)9-12-7-15-16(8-13(12)22)30-10-29-15/h4-8H,3,9-10H2,1-2H3/b18-6-. The molecule has 1 saturated heterocycles. The summed E-state index contributed by atoms with van der Waals surface area (Å²) >= 11 is 9.34. The van der Waals surface area contributed by atoms with Gasteiger partial charge in [0.2, 0.25) is 6.79 Å². The highest BCUT2D eigenvalue weighted by molar-refractivity contribution is 14.1. The van der Waals surface area contributed by atoms with Crippen molar-refractivity contribution >= 4 is 63.2 Å². The monoisotopic (exact) mass is 573 g/mol. The zero-order valence-electron chi connectivity index (χ0n) is 16.6. The first kappa shape index (κ1) is 22.1. The summed E-state index contributed by atoms with van der Waals surface area (Å²) in [7, 11) is 1.58. The van der Waals surface area contributed by atoms with E-state index in [0.29, 0.717) is 45.1 Å². The van der Waals surface area contributed by atoms with Gasteiger partial charge in [-0.15, -0.1) is 0 Å². The van der Waals surface area contributed by atoms with Gasteiger partial charge in [0, 0.05) is 11.1 Å². The molecule has 0 unspecified atom stereocenters. The Morgan fingerprint density at radius 3 is 2.68 bits per heavy atom. The van der Waals surface area contributed by atoms with Crippen molar-refractivity contribution in [1.82, 2.24) is 4.90 Å². The van der Waals surface area contributed by atoms with E-state index in [1.165, 1.54) is 0 Å². The van der Waals surface area contributed by atoms with Crippen LogP contribution in [0.15, 0.2) is 29.2 Å². The maximum Gasteiger partial charge on any atom is 0.293 e. The van der Waals surface area contributed by atoms with Crippen molar-refractivity contribution in [3.63, 3.8) is 0 Å². The molecule has 0 saturated carbocycles. The van der Waals surface area contributed by atoms with Gasteiger partial charge in [-0.05, 0) is 76.7 Å². The Bertz CT molecular complexity index is 1110. The summed E-state index contributed by atoms with van der Waals surface area (Å²) in [5.74, 6) is 1.91. The van der Waals surface area contributed by atoms with Gasteiger partial charge >= 0.3 is 0 Å². The molecule has 0 atom stereocenters. The van der Waals surface area contributed by atoms with Crippen LogP contribution in [0.1, 0.15) is 18.1 Å². The van der Waals surface area contributed by atoms with E-state index in [1.54, 1.807) is 31.4 Å². The number of carbonyl (C=O) groups excluding carboxylic acids is 2. The number of methoxy groups -OCH3 is 1. The van der Waals surface area contributed by atoms with Crippen molar-refractivity contribution in [2.45, 2.75) is 13.5 Å². The second kappa shape index (κ2) is 9.17. The minimum Gasteiger partial charge on any atom is -0.492 e. The number of thioether (sulfide) groups is 1. The van der Waals surface area contributed by atoms with Crippen molar-refractivity contribution < 1.29 is 28.5 Å². The molecule has 2 amide bonds. The van der Waals surface area contributed by atoms with Crippen LogP contribution in [0.5, 0.6) is 23.0 Å². The predicted octanol–water partition coefficient (Wildman–Crippen LogP) is 5.32. The first-order valence-electron chi connectivity index (χ1n) is 9.25. The van der Waals surface area contributed by atoms with Crippen molar-refractivity contribution in [2.75, 3.05) is 20.5 Å². The molecule has 162 valence electrons. The summed E-state index contributed by atoms with van der Waals surface area (Å²) in [6, 6.07) is 6.97. The SMILES string of the molecule is CCOc1cc(/C=C2\SC(=O)N(Cc3cc4c(cc3Cl)OCO4)C2=O)cc(I)c1OC. The highest BCUT2D eigenvalue weighted by Gasteiger charge is 2.36. The summed E-state index contributed by atoms with van der Waals surface area (Å²) in [5, 5.41) is 0.0385. The van der Waals surface area contributed by atoms with Crippen LogP contribution in [0.25, 0.3) is 6.08 Å². The van der Waals surface area contributed by atoms with Gasteiger partial charge in [0.1, 0.15) is 0 Å². The molecule has 7 nitrogen and oxygen atoms in total. The van der Waals surface area contributed by atoms with E-state index in [0.717, 1.165) is 25.8 Å². The molecular weight excluding hydrogens is 557 g/mol. The maximum absolute atomic E-state index is 12.9. The van der Waals surface area contributed by atoms with Crippen molar-refractivity contribution in [3.8, 4) is 23.0 Å². The fourth-order valence-electron chi connectivity index (χ4n) is 3.17. The number of hydrogen-bond donors (Lipinski definition) is 0. The Balaban J connectivity index is 1.59. The average Bonchev–Trinajstić information content (AvgIpc) is 3.27. The molecule has 1 fully saturated rings. The molecule has 2 aromatic carbocycles. The highest BCUT2D eigenvalue weighted by Crippen LogP contribution is 2.40. The van der Waals surface area contributed by atoms with Gasteiger partial charge in [0.15, 0.2) is 23.0 Å². The maximum atomic E-state index is 12.9. The molecular formula is C21H17ClINO6S. The fourth-order valence-corrected chi connectivity index (χ4v) is 5.07. The highest BCUT2D eigenvalue weighted by atomic mass is 127. The number of amides is 2. The zero-order chi connectivity index (χ0) is 22.1. The van der Waals surface area contributed by atoms with E-state index in [1.807, 2.05) is 13.0 Å². The molecule has 2 aliphatic heterocycles. The third-order valence-corrected chi connectivity index (χ3v) is 6.64. The van der Waals surface area contributed by atoms with E-state index in [-0.39, 0.29) is 24.5 Å². The lowest BCUT2D eigenvalue weighted by atomic mass is 10.1. The van der Waals surface area contributed by atoms with Gasteiger partial charge in [-0.2, -0.15) is 0 Å².